The summed E-state index contributed by atoms with van der Waals surface area (Å²) in [6.07, 6.45) is 2.80. The van der Waals surface area contributed by atoms with Crippen LogP contribution in [0.5, 0.6) is 0 Å². The van der Waals surface area contributed by atoms with Crippen LogP contribution in [0.4, 0.5) is 0 Å². The van der Waals surface area contributed by atoms with Crippen LogP contribution in [0.3, 0.4) is 0 Å². The molecule has 0 spiro atoms. The van der Waals surface area contributed by atoms with E-state index in [0.29, 0.717) is 17.8 Å². The van der Waals surface area contributed by atoms with Crippen LogP contribution in [0, 0.1) is 17.8 Å². The fourth-order valence-corrected chi connectivity index (χ4v) is 4.61. The highest BCUT2D eigenvalue weighted by Crippen LogP contribution is 2.35. The van der Waals surface area contributed by atoms with Crippen molar-refractivity contribution in [3.63, 3.8) is 0 Å². The highest BCUT2D eigenvalue weighted by atomic mass is 16.5. The molecule has 0 unspecified atom stereocenters. The first-order valence-electron chi connectivity index (χ1n) is 12.1. The van der Waals surface area contributed by atoms with Crippen molar-refractivity contribution in [2.24, 2.45) is 17.8 Å². The summed E-state index contributed by atoms with van der Waals surface area (Å²) in [5.74, 6) is -0.477. The third-order valence-electron chi connectivity index (χ3n) is 6.60. The molecule has 1 aliphatic rings. The molecule has 0 radical (unpaired) electrons. The summed E-state index contributed by atoms with van der Waals surface area (Å²) in [6.45, 7) is 7.89. The van der Waals surface area contributed by atoms with Crippen LogP contribution < -0.4 is 5.32 Å². The van der Waals surface area contributed by atoms with E-state index in [1.54, 1.807) is 18.2 Å². The molecule has 1 aliphatic carbocycles. The van der Waals surface area contributed by atoms with Crippen molar-refractivity contribution in [2.75, 3.05) is 6.61 Å². The van der Waals surface area contributed by atoms with Crippen LogP contribution in [-0.4, -0.2) is 30.6 Å². The number of nitrogens with one attached hydrogen (secondary N) is 1. The highest BCUT2D eigenvalue weighted by molar-refractivity contribution is 6.03. The second kappa shape index (κ2) is 11.8. The lowest BCUT2D eigenvalue weighted by Crippen LogP contribution is -2.36. The Morgan fingerprint density at radius 1 is 0.912 bits per heavy atom. The van der Waals surface area contributed by atoms with Crippen molar-refractivity contribution in [2.45, 2.75) is 59.1 Å². The summed E-state index contributed by atoms with van der Waals surface area (Å²) in [5.41, 5.74) is 1.21. The number of ether oxygens (including phenoxy) is 2. The third kappa shape index (κ3) is 6.69. The Balaban J connectivity index is 1.62. The topological polar surface area (TPSA) is 81.7 Å². The molecule has 1 N–H and O–H groups in total. The van der Waals surface area contributed by atoms with E-state index in [2.05, 4.69) is 26.1 Å². The summed E-state index contributed by atoms with van der Waals surface area (Å²) in [6, 6.07) is 15.7. The lowest BCUT2D eigenvalue weighted by molar-refractivity contribution is -0.124. The molecule has 0 heterocycles. The average Bonchev–Trinajstić information content (AvgIpc) is 2.83. The number of esters is 2. The molecule has 0 aliphatic heterocycles. The fourth-order valence-electron chi connectivity index (χ4n) is 4.61. The molecule has 3 rings (SSSR count). The summed E-state index contributed by atoms with van der Waals surface area (Å²) in [5, 5.41) is 2.81. The molecule has 2 aromatic rings. The predicted octanol–water partition coefficient (Wildman–Crippen LogP) is 5.34. The number of benzene rings is 2. The van der Waals surface area contributed by atoms with Gasteiger partial charge in [0.2, 0.25) is 0 Å². The monoisotopic (exact) mass is 465 g/mol. The molecule has 0 saturated heterocycles. The van der Waals surface area contributed by atoms with E-state index in [-0.39, 0.29) is 23.3 Å². The Morgan fingerprint density at radius 3 is 2.18 bits per heavy atom. The lowest BCUT2D eigenvalue weighted by Gasteiger charge is -2.36. The van der Waals surface area contributed by atoms with Gasteiger partial charge < -0.3 is 14.8 Å². The van der Waals surface area contributed by atoms with Gasteiger partial charge in [0.05, 0.1) is 17.2 Å². The van der Waals surface area contributed by atoms with Crippen LogP contribution in [0.15, 0.2) is 54.6 Å². The Morgan fingerprint density at radius 2 is 1.53 bits per heavy atom. The molecule has 6 heteroatoms. The first-order chi connectivity index (χ1) is 16.3. The van der Waals surface area contributed by atoms with Crippen molar-refractivity contribution in [1.29, 1.82) is 0 Å². The number of carbonyl (C=O) groups excluding carboxylic acids is 3. The molecule has 2 aromatic carbocycles. The zero-order valence-electron chi connectivity index (χ0n) is 20.5. The Labute approximate surface area is 202 Å². The van der Waals surface area contributed by atoms with E-state index in [4.69, 9.17) is 9.47 Å². The molecular weight excluding hydrogens is 430 g/mol. The average molecular weight is 466 g/mol. The molecule has 1 amide bonds. The smallest absolute Gasteiger partial charge is 0.339 e. The van der Waals surface area contributed by atoms with Gasteiger partial charge in [-0.25, -0.2) is 9.59 Å². The largest absolute Gasteiger partial charge is 0.458 e. The minimum absolute atomic E-state index is 0.0985. The van der Waals surface area contributed by atoms with Gasteiger partial charge in [0.15, 0.2) is 6.61 Å². The molecule has 0 aromatic heterocycles. The molecule has 182 valence electrons. The van der Waals surface area contributed by atoms with Crippen molar-refractivity contribution < 1.29 is 23.9 Å². The van der Waals surface area contributed by atoms with Crippen LogP contribution in [-0.2, 0) is 14.3 Å². The van der Waals surface area contributed by atoms with Gasteiger partial charge in [-0.3, -0.25) is 4.79 Å². The Hall–Kier alpha value is -3.15. The zero-order chi connectivity index (χ0) is 24.7. The summed E-state index contributed by atoms with van der Waals surface area (Å²) < 4.78 is 11.1. The molecule has 34 heavy (non-hydrogen) atoms. The number of hydrogen-bond acceptors (Lipinski definition) is 5. The van der Waals surface area contributed by atoms with E-state index in [9.17, 15) is 14.4 Å². The normalized spacial score (nSPS) is 20.9. The van der Waals surface area contributed by atoms with Gasteiger partial charge in [-0.2, -0.15) is 0 Å². The van der Waals surface area contributed by atoms with Gasteiger partial charge in [-0.1, -0.05) is 69.7 Å². The fraction of sp³-hybridized carbons (Fsp3) is 0.464. The van der Waals surface area contributed by atoms with Crippen LogP contribution in [0.25, 0.3) is 0 Å². The second-order valence-corrected chi connectivity index (χ2v) is 9.59. The summed E-state index contributed by atoms with van der Waals surface area (Å²) >= 11 is 0. The summed E-state index contributed by atoms with van der Waals surface area (Å²) in [7, 11) is 0. The van der Waals surface area contributed by atoms with Gasteiger partial charge in [0.1, 0.15) is 6.10 Å². The molecule has 4 atom stereocenters. The zero-order valence-corrected chi connectivity index (χ0v) is 20.5. The van der Waals surface area contributed by atoms with Gasteiger partial charge in [0, 0.05) is 0 Å². The quantitative estimate of drug-likeness (QED) is 0.532. The standard InChI is InChI=1S/C28H35NO5/c1-18(2)22-15-14-19(3)16-25(22)34-28(32)24-13-9-8-12-23(24)27(31)33-17-26(30)29-20(4)21-10-6-5-7-11-21/h5-13,18-20,22,25H,14-17H2,1-4H3,(H,29,30)/t19-,20-,22-,25-/m1/s1. The Bertz CT molecular complexity index is 987. The summed E-state index contributed by atoms with van der Waals surface area (Å²) in [4.78, 5) is 38.1. The van der Waals surface area contributed by atoms with Crippen LogP contribution in [0.1, 0.15) is 79.3 Å². The minimum Gasteiger partial charge on any atom is -0.458 e. The first kappa shape index (κ1) is 25.5. The SMILES string of the molecule is CC(C)[C@H]1CC[C@@H](C)C[C@H]1OC(=O)c1ccccc1C(=O)OCC(=O)N[C@H](C)c1ccccc1. The molecular formula is C28H35NO5. The van der Waals surface area contributed by atoms with Crippen molar-refractivity contribution in [3.05, 3.63) is 71.3 Å². The molecule has 0 bridgehead atoms. The van der Waals surface area contributed by atoms with Crippen LogP contribution >= 0.6 is 0 Å². The maximum Gasteiger partial charge on any atom is 0.339 e. The van der Waals surface area contributed by atoms with E-state index < -0.39 is 24.5 Å². The van der Waals surface area contributed by atoms with E-state index in [0.717, 1.165) is 24.8 Å². The number of hydrogen-bond donors (Lipinski definition) is 1. The lowest BCUT2D eigenvalue weighted by atomic mass is 9.75. The van der Waals surface area contributed by atoms with Crippen molar-refractivity contribution in [1.82, 2.24) is 5.32 Å². The predicted molar refractivity (Wildman–Crippen MR) is 130 cm³/mol. The van der Waals surface area contributed by atoms with Gasteiger partial charge >= 0.3 is 11.9 Å². The molecule has 6 nitrogen and oxygen atoms in total. The van der Waals surface area contributed by atoms with E-state index >= 15 is 0 Å². The molecule has 1 saturated carbocycles. The maximum absolute atomic E-state index is 13.0. The minimum atomic E-state index is -0.729. The third-order valence-corrected chi connectivity index (χ3v) is 6.60. The Kier molecular flexibility index (Phi) is 8.85. The maximum atomic E-state index is 13.0. The first-order valence-corrected chi connectivity index (χ1v) is 12.1. The highest BCUT2D eigenvalue weighted by Gasteiger charge is 2.34. The number of rotatable bonds is 8. The van der Waals surface area contributed by atoms with Gasteiger partial charge in [-0.15, -0.1) is 0 Å². The van der Waals surface area contributed by atoms with Crippen LogP contribution in [0.2, 0.25) is 0 Å². The molecule has 1 fully saturated rings. The van der Waals surface area contributed by atoms with Crippen molar-refractivity contribution in [3.8, 4) is 0 Å². The second-order valence-electron chi connectivity index (χ2n) is 9.59. The van der Waals surface area contributed by atoms with E-state index in [1.807, 2.05) is 37.3 Å². The van der Waals surface area contributed by atoms with E-state index in [1.165, 1.54) is 6.07 Å². The number of carbonyl (C=O) groups is 3. The number of amides is 1. The van der Waals surface area contributed by atoms with Crippen molar-refractivity contribution >= 4 is 17.8 Å². The van der Waals surface area contributed by atoms with Gasteiger partial charge in [0.25, 0.3) is 5.91 Å². The van der Waals surface area contributed by atoms with Gasteiger partial charge in [-0.05, 0) is 55.2 Å².